The highest BCUT2D eigenvalue weighted by atomic mass is 16.2. The van der Waals surface area contributed by atoms with Gasteiger partial charge >= 0.3 is 0 Å². The fraction of sp³-hybridized carbons (Fsp3) is 0.273. The van der Waals surface area contributed by atoms with Gasteiger partial charge in [-0.05, 0) is 55.3 Å². The zero-order valence-corrected chi connectivity index (χ0v) is 15.3. The van der Waals surface area contributed by atoms with E-state index in [1.807, 2.05) is 47.3 Å². The van der Waals surface area contributed by atoms with Crippen molar-refractivity contribution in [1.29, 1.82) is 0 Å². The van der Waals surface area contributed by atoms with Crippen LogP contribution in [0.25, 0.3) is 5.69 Å². The van der Waals surface area contributed by atoms with Gasteiger partial charge in [0.25, 0.3) is 5.91 Å². The molecule has 4 rings (SSSR count). The van der Waals surface area contributed by atoms with Crippen LogP contribution in [-0.2, 0) is 0 Å². The monoisotopic (exact) mass is 360 g/mol. The van der Waals surface area contributed by atoms with Crippen molar-refractivity contribution in [3.05, 3.63) is 78.4 Å². The first-order valence-corrected chi connectivity index (χ1v) is 9.54. The van der Waals surface area contributed by atoms with Crippen molar-refractivity contribution in [1.82, 2.24) is 14.6 Å². The number of hydrazone groups is 1. The number of benzene rings is 1. The van der Waals surface area contributed by atoms with Crippen LogP contribution in [-0.4, -0.2) is 21.3 Å². The van der Waals surface area contributed by atoms with E-state index in [1.165, 1.54) is 32.1 Å². The molecule has 3 aromatic rings. The molecule has 2 aromatic heterocycles. The summed E-state index contributed by atoms with van der Waals surface area (Å²) in [4.78, 5) is 12.2. The Kier molecular flexibility index (Phi) is 5.19. The summed E-state index contributed by atoms with van der Waals surface area (Å²) >= 11 is 0. The standard InChI is InChI=1S/C22H24N4O/c27-22(19-8-10-21(11-9-19)25-13-4-5-14-25)24-23-16-18-12-15-26(17-18)20-6-2-1-3-7-20/h4-5,8-17,20H,1-3,6-7H2,(H,24,27)/b23-16+. The maximum atomic E-state index is 12.2. The largest absolute Gasteiger partial charge is 0.351 e. The summed E-state index contributed by atoms with van der Waals surface area (Å²) in [7, 11) is 0. The summed E-state index contributed by atoms with van der Waals surface area (Å²) in [6.07, 6.45) is 16.3. The molecule has 0 spiro atoms. The van der Waals surface area contributed by atoms with Crippen molar-refractivity contribution >= 4 is 12.1 Å². The first kappa shape index (κ1) is 17.3. The van der Waals surface area contributed by atoms with E-state index in [1.54, 1.807) is 18.3 Å². The second-order valence-electron chi connectivity index (χ2n) is 7.02. The molecular formula is C22H24N4O. The number of amides is 1. The topological polar surface area (TPSA) is 51.3 Å². The summed E-state index contributed by atoms with van der Waals surface area (Å²) < 4.78 is 4.28. The maximum Gasteiger partial charge on any atom is 0.271 e. The summed E-state index contributed by atoms with van der Waals surface area (Å²) in [5.74, 6) is -0.211. The van der Waals surface area contributed by atoms with Crippen molar-refractivity contribution in [3.63, 3.8) is 0 Å². The molecule has 138 valence electrons. The van der Waals surface area contributed by atoms with E-state index in [4.69, 9.17) is 0 Å². The van der Waals surface area contributed by atoms with Gasteiger partial charge in [0.15, 0.2) is 0 Å². The molecule has 0 unspecified atom stereocenters. The zero-order chi connectivity index (χ0) is 18.5. The van der Waals surface area contributed by atoms with Crippen molar-refractivity contribution < 1.29 is 4.79 Å². The van der Waals surface area contributed by atoms with Gasteiger partial charge in [-0.3, -0.25) is 4.79 Å². The van der Waals surface area contributed by atoms with Crippen LogP contribution in [0, 0.1) is 0 Å². The van der Waals surface area contributed by atoms with Crippen LogP contribution >= 0.6 is 0 Å². The summed E-state index contributed by atoms with van der Waals surface area (Å²) in [5.41, 5.74) is 5.21. The second kappa shape index (κ2) is 8.08. The molecule has 1 fully saturated rings. The van der Waals surface area contributed by atoms with Crippen LogP contribution in [0.15, 0.2) is 72.4 Å². The number of nitrogens with one attached hydrogen (secondary N) is 1. The average Bonchev–Trinajstić information content (AvgIpc) is 3.41. The number of aromatic nitrogens is 2. The van der Waals surface area contributed by atoms with Gasteiger partial charge < -0.3 is 9.13 Å². The third kappa shape index (κ3) is 4.19. The summed E-state index contributed by atoms with van der Waals surface area (Å²) in [5, 5.41) is 4.11. The van der Waals surface area contributed by atoms with Gasteiger partial charge in [-0.25, -0.2) is 5.43 Å². The van der Waals surface area contributed by atoms with Crippen LogP contribution in [0.1, 0.15) is 54.1 Å². The predicted molar refractivity (Wildman–Crippen MR) is 107 cm³/mol. The lowest BCUT2D eigenvalue weighted by molar-refractivity contribution is 0.0955. The lowest BCUT2D eigenvalue weighted by Gasteiger charge is -2.23. The third-order valence-corrected chi connectivity index (χ3v) is 5.15. The van der Waals surface area contributed by atoms with Crippen molar-refractivity contribution in [3.8, 4) is 5.69 Å². The predicted octanol–water partition coefficient (Wildman–Crippen LogP) is 4.55. The van der Waals surface area contributed by atoms with E-state index in [0.717, 1.165) is 11.3 Å². The lowest BCUT2D eigenvalue weighted by atomic mass is 9.95. The fourth-order valence-corrected chi connectivity index (χ4v) is 3.63. The number of rotatable bonds is 5. The van der Waals surface area contributed by atoms with Crippen LogP contribution in [0.3, 0.4) is 0 Å². The minimum Gasteiger partial charge on any atom is -0.351 e. The van der Waals surface area contributed by atoms with E-state index in [2.05, 4.69) is 27.5 Å². The maximum absolute atomic E-state index is 12.2. The number of hydrogen-bond donors (Lipinski definition) is 1. The fourth-order valence-electron chi connectivity index (χ4n) is 3.63. The molecule has 5 nitrogen and oxygen atoms in total. The number of hydrogen-bond acceptors (Lipinski definition) is 2. The quantitative estimate of drug-likeness (QED) is 0.527. The molecule has 0 atom stereocenters. The molecule has 0 saturated heterocycles. The highest BCUT2D eigenvalue weighted by Crippen LogP contribution is 2.28. The normalized spacial score (nSPS) is 15.3. The third-order valence-electron chi connectivity index (χ3n) is 5.15. The molecular weight excluding hydrogens is 336 g/mol. The van der Waals surface area contributed by atoms with Gasteiger partial charge in [0.2, 0.25) is 0 Å². The summed E-state index contributed by atoms with van der Waals surface area (Å²) in [6.45, 7) is 0. The Labute approximate surface area is 159 Å². The number of nitrogens with zero attached hydrogens (tertiary/aromatic N) is 3. The minimum atomic E-state index is -0.211. The van der Waals surface area contributed by atoms with Crippen LogP contribution in [0.4, 0.5) is 0 Å². The Bertz CT molecular complexity index is 900. The van der Waals surface area contributed by atoms with Crippen molar-refractivity contribution in [2.45, 2.75) is 38.1 Å². The average molecular weight is 360 g/mol. The summed E-state index contributed by atoms with van der Waals surface area (Å²) in [6, 6.07) is 14.0. The molecule has 1 aliphatic carbocycles. The van der Waals surface area contributed by atoms with Crippen molar-refractivity contribution in [2.24, 2.45) is 5.10 Å². The van der Waals surface area contributed by atoms with Crippen LogP contribution in [0.5, 0.6) is 0 Å². The van der Waals surface area contributed by atoms with Crippen molar-refractivity contribution in [2.75, 3.05) is 0 Å². The highest BCUT2D eigenvalue weighted by molar-refractivity contribution is 5.95. The molecule has 1 amide bonds. The number of carbonyl (C=O) groups is 1. The Morgan fingerprint density at radius 1 is 1.00 bits per heavy atom. The molecule has 1 aliphatic rings. The molecule has 0 aliphatic heterocycles. The van der Waals surface area contributed by atoms with E-state index < -0.39 is 0 Å². The van der Waals surface area contributed by atoms with E-state index in [9.17, 15) is 4.79 Å². The smallest absolute Gasteiger partial charge is 0.271 e. The lowest BCUT2D eigenvalue weighted by Crippen LogP contribution is -2.17. The number of carbonyl (C=O) groups excluding carboxylic acids is 1. The molecule has 1 N–H and O–H groups in total. The molecule has 1 aromatic carbocycles. The van der Waals surface area contributed by atoms with E-state index in [0.29, 0.717) is 11.6 Å². The van der Waals surface area contributed by atoms with E-state index >= 15 is 0 Å². The molecule has 0 radical (unpaired) electrons. The van der Waals surface area contributed by atoms with Crippen LogP contribution < -0.4 is 5.43 Å². The minimum absolute atomic E-state index is 0.211. The Morgan fingerprint density at radius 2 is 1.74 bits per heavy atom. The molecule has 2 heterocycles. The highest BCUT2D eigenvalue weighted by Gasteiger charge is 2.14. The second-order valence-corrected chi connectivity index (χ2v) is 7.02. The molecule has 0 bridgehead atoms. The molecule has 27 heavy (non-hydrogen) atoms. The molecule has 1 saturated carbocycles. The Hall–Kier alpha value is -3.08. The SMILES string of the molecule is O=C(N/N=C/c1ccn(C2CCCCC2)c1)c1ccc(-n2cccc2)cc1. The van der Waals surface area contributed by atoms with Crippen LogP contribution in [0.2, 0.25) is 0 Å². The Balaban J connectivity index is 1.34. The molecule has 5 heteroatoms. The van der Waals surface area contributed by atoms with Gasteiger partial charge in [0.05, 0.1) is 6.21 Å². The Morgan fingerprint density at radius 3 is 2.48 bits per heavy atom. The zero-order valence-electron chi connectivity index (χ0n) is 15.3. The van der Waals surface area contributed by atoms with E-state index in [-0.39, 0.29) is 5.91 Å². The first-order valence-electron chi connectivity index (χ1n) is 9.54. The van der Waals surface area contributed by atoms with Gasteiger partial charge in [-0.1, -0.05) is 19.3 Å². The van der Waals surface area contributed by atoms with Gasteiger partial charge in [0, 0.05) is 47.6 Å². The van der Waals surface area contributed by atoms with Gasteiger partial charge in [-0.15, -0.1) is 0 Å². The van der Waals surface area contributed by atoms with Gasteiger partial charge in [0.1, 0.15) is 0 Å². The van der Waals surface area contributed by atoms with Gasteiger partial charge in [-0.2, -0.15) is 5.10 Å². The first-order chi connectivity index (χ1) is 13.3.